The van der Waals surface area contributed by atoms with Crippen molar-refractivity contribution in [3.63, 3.8) is 0 Å². The predicted octanol–water partition coefficient (Wildman–Crippen LogP) is 15.9. The normalized spacial score (nSPS) is 13.3. The maximum Gasteiger partial charge on any atom is 0.244 e. The summed E-state index contributed by atoms with van der Waals surface area (Å²) in [5, 5.41) is 8.27. The Labute approximate surface area is 484 Å². The fraction of sp³-hybridized carbons (Fsp3) is 0.150. The van der Waals surface area contributed by atoms with Crippen LogP contribution in [0.15, 0.2) is 170 Å². The molecule has 82 heavy (non-hydrogen) atoms. The molecule has 0 saturated carbocycles. The third-order valence-corrected chi connectivity index (χ3v) is 19.7. The highest BCUT2D eigenvalue weighted by Crippen LogP contribution is 2.50. The average Bonchev–Trinajstić information content (AvgIpc) is 1.67. The first-order valence-electron chi connectivity index (χ1n) is 29.7. The summed E-state index contributed by atoms with van der Waals surface area (Å²) in [5.41, 5.74) is 45.8. The molecule has 0 unspecified atom stereocenters. The standard InChI is InChI=1S/C80H64B2/c1-41-31-45(5)67(46(6)32-41)77(68-47(7)33-42(2)34-48(68)8)73-59-19-13-15-25-63(59)81-65-39-53-28-30-56-58-22-18-24-62-74(78(69-49(9)35-43(3)36-50(69)10)70-51(11)37-44(4)38-52(70)12)60-20-14-16-26-64(60)82(80(58)62)66-40-54-27-29-55(57-21-17-23-61(73)79(57)81)75(65)71(54)72(53)76(56)66/h13-40H,1-12H3. The van der Waals surface area contributed by atoms with Gasteiger partial charge in [0, 0.05) is 0 Å². The van der Waals surface area contributed by atoms with Gasteiger partial charge >= 0.3 is 0 Å². The Bertz CT molecular complexity index is 4470. The third kappa shape index (κ3) is 6.58. The van der Waals surface area contributed by atoms with Crippen molar-refractivity contribution in [2.75, 3.05) is 0 Å². The highest BCUT2D eigenvalue weighted by molar-refractivity contribution is 7.02. The van der Waals surface area contributed by atoms with E-state index in [9.17, 15) is 0 Å². The van der Waals surface area contributed by atoms with Crippen LogP contribution in [-0.4, -0.2) is 13.4 Å². The Morgan fingerprint density at radius 1 is 0.244 bits per heavy atom. The molecular weight excluding hydrogens is 983 g/mol. The molecule has 0 radical (unpaired) electrons. The minimum atomic E-state index is 0.0518. The summed E-state index contributed by atoms with van der Waals surface area (Å²) in [6, 6.07) is 67.7. The van der Waals surface area contributed by atoms with Crippen LogP contribution in [0.1, 0.15) is 111 Å². The summed E-state index contributed by atoms with van der Waals surface area (Å²) in [6.45, 7) is 27.7. The topological polar surface area (TPSA) is 0 Å². The van der Waals surface area contributed by atoms with E-state index < -0.39 is 0 Å². The van der Waals surface area contributed by atoms with Gasteiger partial charge in [-0.15, -0.1) is 0 Å². The lowest BCUT2D eigenvalue weighted by Crippen LogP contribution is -2.59. The molecule has 12 aromatic rings. The summed E-state index contributed by atoms with van der Waals surface area (Å²) in [5.74, 6) is 0. The molecule has 4 aliphatic rings. The maximum absolute atomic E-state index is 2.62. The number of hydrogen-bond donors (Lipinski definition) is 0. The van der Waals surface area contributed by atoms with Gasteiger partial charge < -0.3 is 0 Å². The monoisotopic (exact) mass is 1050 g/mol. The molecule has 0 aliphatic carbocycles. The van der Waals surface area contributed by atoms with E-state index in [2.05, 4.69) is 253 Å². The van der Waals surface area contributed by atoms with Crippen LogP contribution in [0, 0.1) is 83.1 Å². The highest BCUT2D eigenvalue weighted by atomic mass is 14.4. The summed E-state index contributed by atoms with van der Waals surface area (Å²) in [7, 11) is 0. The van der Waals surface area contributed by atoms with Gasteiger partial charge in [0.1, 0.15) is 0 Å². The van der Waals surface area contributed by atoms with Crippen LogP contribution in [0.3, 0.4) is 0 Å². The zero-order chi connectivity index (χ0) is 56.0. The van der Waals surface area contributed by atoms with E-state index in [0.717, 1.165) is 0 Å². The van der Waals surface area contributed by atoms with E-state index in [1.165, 1.54) is 221 Å². The molecule has 0 aromatic heterocycles. The van der Waals surface area contributed by atoms with Gasteiger partial charge in [0.15, 0.2) is 0 Å². The molecule has 0 nitrogen and oxygen atoms in total. The Hall–Kier alpha value is -8.71. The SMILES string of the molecule is Cc1cc(C)c(C(=C2c3ccccc3B3c4c2cccc4-c2ccc4cc5c6c(ccc7cc3c2c4c76)-c2cccc3c2B5c2ccccc2C3=C(c2c(C)cc(C)cc2C)c2c(C)cc(C)cc2C)c2c(C)cc(C)cc2C)c(C)c1. The number of hydrogen-bond acceptors (Lipinski definition) is 0. The Kier molecular flexibility index (Phi) is 10.4. The Morgan fingerprint density at radius 2 is 0.537 bits per heavy atom. The van der Waals surface area contributed by atoms with Crippen LogP contribution in [0.4, 0.5) is 0 Å². The van der Waals surface area contributed by atoms with Gasteiger partial charge in [-0.05, 0) is 249 Å². The Morgan fingerprint density at radius 3 is 0.866 bits per heavy atom. The van der Waals surface area contributed by atoms with Crippen molar-refractivity contribution in [2.24, 2.45) is 0 Å². The first kappa shape index (κ1) is 49.1. The molecule has 0 amide bonds. The van der Waals surface area contributed by atoms with Crippen molar-refractivity contribution in [3.8, 4) is 22.3 Å². The van der Waals surface area contributed by atoms with E-state index in [0.29, 0.717) is 0 Å². The highest BCUT2D eigenvalue weighted by Gasteiger charge is 2.45. The quantitative estimate of drug-likeness (QED) is 0.122. The summed E-state index contributed by atoms with van der Waals surface area (Å²) >= 11 is 0. The first-order valence-corrected chi connectivity index (χ1v) is 29.7. The molecule has 12 aromatic carbocycles. The van der Waals surface area contributed by atoms with Crippen molar-refractivity contribution in [3.05, 3.63) is 281 Å². The lowest BCUT2D eigenvalue weighted by atomic mass is 9.29. The van der Waals surface area contributed by atoms with Crippen LogP contribution >= 0.6 is 0 Å². The molecule has 0 saturated heterocycles. The molecular formula is C80H64B2. The number of aryl methyl sites for hydroxylation is 12. The smallest absolute Gasteiger partial charge is 0.0664 e. The van der Waals surface area contributed by atoms with Crippen molar-refractivity contribution < 1.29 is 0 Å². The minimum absolute atomic E-state index is 0.0518. The van der Waals surface area contributed by atoms with E-state index in [1.54, 1.807) is 0 Å². The number of fused-ring (bicyclic) bond motifs is 8. The van der Waals surface area contributed by atoms with Gasteiger partial charge in [-0.2, -0.15) is 0 Å². The second-order valence-electron chi connectivity index (χ2n) is 25.3. The average molecular weight is 1050 g/mol. The van der Waals surface area contributed by atoms with Crippen LogP contribution in [0.5, 0.6) is 0 Å². The summed E-state index contributed by atoms with van der Waals surface area (Å²) in [6.07, 6.45) is 0. The lowest BCUT2D eigenvalue weighted by molar-refractivity contribution is 1.25. The lowest BCUT2D eigenvalue weighted by Gasteiger charge is -2.39. The maximum atomic E-state index is 2.62. The fourth-order valence-corrected chi connectivity index (χ4v) is 17.4. The van der Waals surface area contributed by atoms with Crippen molar-refractivity contribution >= 4 is 101 Å². The summed E-state index contributed by atoms with van der Waals surface area (Å²) < 4.78 is 0. The van der Waals surface area contributed by atoms with E-state index >= 15 is 0 Å². The molecule has 0 spiro atoms. The zero-order valence-corrected chi connectivity index (χ0v) is 49.3. The van der Waals surface area contributed by atoms with E-state index in [1.807, 2.05) is 0 Å². The van der Waals surface area contributed by atoms with Crippen molar-refractivity contribution in [1.82, 2.24) is 0 Å². The molecule has 16 rings (SSSR count). The zero-order valence-electron chi connectivity index (χ0n) is 49.3. The van der Waals surface area contributed by atoms with Gasteiger partial charge in [-0.25, -0.2) is 0 Å². The van der Waals surface area contributed by atoms with Gasteiger partial charge in [0.25, 0.3) is 0 Å². The van der Waals surface area contributed by atoms with Crippen LogP contribution < -0.4 is 32.8 Å². The molecule has 390 valence electrons. The Balaban J connectivity index is 0.993. The predicted molar refractivity (Wildman–Crippen MR) is 356 cm³/mol. The third-order valence-electron chi connectivity index (χ3n) is 19.7. The molecule has 2 heteroatoms. The van der Waals surface area contributed by atoms with Crippen molar-refractivity contribution in [2.45, 2.75) is 83.1 Å². The number of rotatable bonds is 4. The molecule has 0 fully saturated rings. The van der Waals surface area contributed by atoms with E-state index in [4.69, 9.17) is 0 Å². The van der Waals surface area contributed by atoms with Gasteiger partial charge in [-0.3, -0.25) is 0 Å². The molecule has 0 N–H and O–H groups in total. The largest absolute Gasteiger partial charge is 0.244 e. The number of benzene rings is 12. The second kappa shape index (κ2) is 17.4. The molecule has 4 heterocycles. The second-order valence-corrected chi connectivity index (χ2v) is 25.3. The molecule has 0 atom stereocenters. The van der Waals surface area contributed by atoms with E-state index in [-0.39, 0.29) is 13.4 Å². The fourth-order valence-electron chi connectivity index (χ4n) is 17.4. The van der Waals surface area contributed by atoms with Gasteiger partial charge in [0.05, 0.1) is 0 Å². The van der Waals surface area contributed by atoms with Crippen LogP contribution in [-0.2, 0) is 0 Å². The van der Waals surface area contributed by atoms with Crippen LogP contribution in [0.25, 0.3) is 76.9 Å². The minimum Gasteiger partial charge on any atom is -0.0664 e. The van der Waals surface area contributed by atoms with Gasteiger partial charge in [-0.1, -0.05) is 225 Å². The molecule has 4 aliphatic heterocycles. The molecule has 0 bridgehead atoms. The van der Waals surface area contributed by atoms with Gasteiger partial charge in [0.2, 0.25) is 13.4 Å². The van der Waals surface area contributed by atoms with Crippen LogP contribution in [0.2, 0.25) is 0 Å². The summed E-state index contributed by atoms with van der Waals surface area (Å²) in [4.78, 5) is 0. The first-order chi connectivity index (χ1) is 39.7. The van der Waals surface area contributed by atoms with Crippen molar-refractivity contribution in [1.29, 1.82) is 0 Å².